The van der Waals surface area contributed by atoms with E-state index in [0.29, 0.717) is 0 Å². The normalized spacial score (nSPS) is 10.4. The summed E-state index contributed by atoms with van der Waals surface area (Å²) in [5.41, 5.74) is 0. The van der Waals surface area contributed by atoms with Crippen LogP contribution in [0.5, 0.6) is 5.75 Å². The van der Waals surface area contributed by atoms with Gasteiger partial charge in [-0.05, 0) is 56.7 Å². The van der Waals surface area contributed by atoms with Crippen molar-refractivity contribution in [3.63, 3.8) is 0 Å². The molecule has 5 heteroatoms. The van der Waals surface area contributed by atoms with Crippen molar-refractivity contribution in [2.75, 3.05) is 0 Å². The Labute approximate surface area is 90.4 Å². The fourth-order valence-electron chi connectivity index (χ4n) is 0.653. The zero-order valence-electron chi connectivity index (χ0n) is 5.73. The highest BCUT2D eigenvalue weighted by Gasteiger charge is 2.05. The van der Waals surface area contributed by atoms with Crippen LogP contribution in [0.15, 0.2) is 22.7 Å². The van der Waals surface area contributed by atoms with Crippen molar-refractivity contribution in [1.82, 2.24) is 0 Å². The first-order valence-electron chi connectivity index (χ1n) is 2.99. The summed E-state index contributed by atoms with van der Waals surface area (Å²) in [5, 5.41) is 0. The summed E-state index contributed by atoms with van der Waals surface area (Å²) in [7, 11) is 0. The van der Waals surface area contributed by atoms with E-state index in [4.69, 9.17) is 0 Å². The predicted molar refractivity (Wildman–Crippen MR) is 53.5 cm³/mol. The molecule has 1 aromatic rings. The molecular formula is C7H4BrF2IO. The first-order chi connectivity index (χ1) is 5.59. The zero-order chi connectivity index (χ0) is 9.14. The molecule has 0 aromatic heterocycles. The first kappa shape index (κ1) is 10.2. The fraction of sp³-hybridized carbons (Fsp3) is 0.143. The van der Waals surface area contributed by atoms with E-state index in [2.05, 4.69) is 20.7 Å². The number of hydrogen-bond acceptors (Lipinski definition) is 1. The van der Waals surface area contributed by atoms with Gasteiger partial charge >= 0.3 is 6.61 Å². The van der Waals surface area contributed by atoms with Gasteiger partial charge in [-0.2, -0.15) is 8.78 Å². The van der Waals surface area contributed by atoms with Gasteiger partial charge in [-0.1, -0.05) is 0 Å². The summed E-state index contributed by atoms with van der Waals surface area (Å²) in [4.78, 5) is 0. The number of halogens is 4. The molecule has 0 radical (unpaired) electrons. The Morgan fingerprint density at radius 3 is 2.58 bits per heavy atom. The van der Waals surface area contributed by atoms with E-state index in [1.165, 1.54) is 12.1 Å². The molecule has 1 nitrogen and oxygen atoms in total. The highest BCUT2D eigenvalue weighted by Crippen LogP contribution is 2.24. The minimum atomic E-state index is -2.76. The van der Waals surface area contributed by atoms with Crippen LogP contribution in [0.4, 0.5) is 8.78 Å². The first-order valence-corrected chi connectivity index (χ1v) is 4.86. The van der Waals surface area contributed by atoms with Gasteiger partial charge in [0.1, 0.15) is 5.75 Å². The van der Waals surface area contributed by atoms with Gasteiger partial charge in [0.25, 0.3) is 0 Å². The van der Waals surface area contributed by atoms with Crippen molar-refractivity contribution in [1.29, 1.82) is 0 Å². The summed E-state index contributed by atoms with van der Waals surface area (Å²) >= 11 is 5.27. The molecule has 0 saturated carbocycles. The van der Waals surface area contributed by atoms with Crippen molar-refractivity contribution >= 4 is 38.5 Å². The summed E-state index contributed by atoms with van der Waals surface area (Å²) in [5.74, 6) is 0.178. The standard InChI is InChI=1S/C7H4BrF2IO/c8-5-2-1-4(3-6(5)11)12-7(9)10/h1-3,7H. The van der Waals surface area contributed by atoms with Crippen LogP contribution in [0.25, 0.3) is 0 Å². The van der Waals surface area contributed by atoms with Crippen LogP contribution in [0.3, 0.4) is 0 Å². The zero-order valence-corrected chi connectivity index (χ0v) is 9.47. The number of benzene rings is 1. The molecule has 0 amide bonds. The molecule has 0 bridgehead atoms. The maximum Gasteiger partial charge on any atom is 0.387 e. The fourth-order valence-corrected chi connectivity index (χ4v) is 1.39. The Morgan fingerprint density at radius 1 is 1.42 bits per heavy atom. The average Bonchev–Trinajstić information content (AvgIpc) is 1.96. The van der Waals surface area contributed by atoms with Gasteiger partial charge in [-0.3, -0.25) is 0 Å². The van der Waals surface area contributed by atoms with E-state index in [0.717, 1.165) is 8.04 Å². The van der Waals surface area contributed by atoms with Crippen LogP contribution in [-0.4, -0.2) is 6.61 Å². The Bertz CT molecular complexity index is 280. The lowest BCUT2D eigenvalue weighted by molar-refractivity contribution is -0.0498. The molecule has 1 aromatic carbocycles. The smallest absolute Gasteiger partial charge is 0.387 e. The van der Waals surface area contributed by atoms with E-state index in [9.17, 15) is 8.78 Å². The second-order valence-corrected chi connectivity index (χ2v) is 3.97. The molecule has 66 valence electrons. The van der Waals surface area contributed by atoms with Crippen LogP contribution in [0.1, 0.15) is 0 Å². The van der Waals surface area contributed by atoms with Crippen molar-refractivity contribution in [3.05, 3.63) is 26.2 Å². The summed E-state index contributed by atoms with van der Waals surface area (Å²) in [6.45, 7) is -2.76. The van der Waals surface area contributed by atoms with Gasteiger partial charge in [-0.15, -0.1) is 0 Å². The molecular weight excluding hydrogens is 345 g/mol. The second-order valence-electron chi connectivity index (χ2n) is 1.95. The van der Waals surface area contributed by atoms with Gasteiger partial charge in [0, 0.05) is 8.04 Å². The van der Waals surface area contributed by atoms with Gasteiger partial charge in [0.05, 0.1) is 0 Å². The van der Waals surface area contributed by atoms with Crippen molar-refractivity contribution in [2.24, 2.45) is 0 Å². The number of alkyl halides is 2. The molecule has 0 spiro atoms. The maximum absolute atomic E-state index is 11.7. The average molecular weight is 349 g/mol. The third-order valence-electron chi connectivity index (χ3n) is 1.12. The Kier molecular flexibility index (Phi) is 3.70. The van der Waals surface area contributed by atoms with Crippen LogP contribution < -0.4 is 4.74 Å². The largest absolute Gasteiger partial charge is 0.435 e. The SMILES string of the molecule is FC(F)Oc1ccc(Br)c(I)c1. The lowest BCUT2D eigenvalue weighted by Crippen LogP contribution is -2.01. The second kappa shape index (κ2) is 4.36. The highest BCUT2D eigenvalue weighted by molar-refractivity contribution is 14.1. The number of ether oxygens (including phenoxy) is 1. The summed E-state index contributed by atoms with van der Waals surface area (Å²) in [6.07, 6.45) is 0. The van der Waals surface area contributed by atoms with E-state index < -0.39 is 6.61 Å². The molecule has 0 fully saturated rings. The molecule has 0 aliphatic heterocycles. The maximum atomic E-state index is 11.7. The van der Waals surface area contributed by atoms with Crippen molar-refractivity contribution < 1.29 is 13.5 Å². The molecule has 0 aliphatic rings. The van der Waals surface area contributed by atoms with E-state index in [-0.39, 0.29) is 5.75 Å². The third-order valence-corrected chi connectivity index (χ3v) is 3.44. The lowest BCUT2D eigenvalue weighted by Gasteiger charge is -2.04. The molecule has 0 heterocycles. The predicted octanol–water partition coefficient (Wildman–Crippen LogP) is 3.66. The van der Waals surface area contributed by atoms with E-state index in [1.807, 2.05) is 22.6 Å². The minimum absolute atomic E-state index is 0.178. The Hall–Kier alpha value is 0.0900. The summed E-state index contributed by atoms with van der Waals surface area (Å²) < 4.78 is 29.3. The molecule has 0 atom stereocenters. The van der Waals surface area contributed by atoms with Gasteiger partial charge in [0.2, 0.25) is 0 Å². The van der Waals surface area contributed by atoms with Gasteiger partial charge < -0.3 is 4.74 Å². The minimum Gasteiger partial charge on any atom is -0.435 e. The quantitative estimate of drug-likeness (QED) is 0.741. The highest BCUT2D eigenvalue weighted by atomic mass is 127. The molecule has 0 saturated heterocycles. The van der Waals surface area contributed by atoms with Gasteiger partial charge in [-0.25, -0.2) is 0 Å². The Balaban J connectivity index is 2.82. The third kappa shape index (κ3) is 2.85. The number of rotatable bonds is 2. The van der Waals surface area contributed by atoms with Crippen molar-refractivity contribution in [2.45, 2.75) is 6.61 Å². The molecule has 0 unspecified atom stereocenters. The molecule has 12 heavy (non-hydrogen) atoms. The molecule has 1 rings (SSSR count). The summed E-state index contributed by atoms with van der Waals surface area (Å²) in [6, 6.07) is 4.69. The van der Waals surface area contributed by atoms with E-state index >= 15 is 0 Å². The van der Waals surface area contributed by atoms with Crippen LogP contribution >= 0.6 is 38.5 Å². The van der Waals surface area contributed by atoms with Crippen LogP contribution in [0, 0.1) is 3.57 Å². The van der Waals surface area contributed by atoms with Crippen LogP contribution in [0.2, 0.25) is 0 Å². The number of hydrogen-bond donors (Lipinski definition) is 0. The molecule has 0 N–H and O–H groups in total. The topological polar surface area (TPSA) is 9.23 Å². The van der Waals surface area contributed by atoms with Crippen molar-refractivity contribution in [3.8, 4) is 5.75 Å². The lowest BCUT2D eigenvalue weighted by atomic mass is 10.3. The molecule has 0 aliphatic carbocycles. The Morgan fingerprint density at radius 2 is 2.08 bits per heavy atom. The van der Waals surface area contributed by atoms with Crippen LogP contribution in [-0.2, 0) is 0 Å². The monoisotopic (exact) mass is 348 g/mol. The van der Waals surface area contributed by atoms with Gasteiger partial charge in [0.15, 0.2) is 0 Å². The van der Waals surface area contributed by atoms with E-state index in [1.54, 1.807) is 6.07 Å².